The van der Waals surface area contributed by atoms with E-state index in [2.05, 4.69) is 0 Å². The van der Waals surface area contributed by atoms with Gasteiger partial charge < -0.3 is 9.47 Å². The van der Waals surface area contributed by atoms with E-state index in [1.165, 1.54) is 19.2 Å². The number of hydrogen-bond donors (Lipinski definition) is 1. The minimum atomic E-state index is -4.28. The van der Waals surface area contributed by atoms with Gasteiger partial charge in [-0.25, -0.2) is 0 Å². The fourth-order valence-electron chi connectivity index (χ4n) is 1.15. The molecule has 0 amide bonds. The van der Waals surface area contributed by atoms with Crippen LogP contribution in [-0.4, -0.2) is 26.4 Å². The van der Waals surface area contributed by atoms with Gasteiger partial charge in [-0.05, 0) is 31.5 Å². The van der Waals surface area contributed by atoms with Crippen LogP contribution in [0.15, 0.2) is 23.1 Å². The SMILES string of the molecule is COC(C)Oc1cc(C)ccc1S(=O)(=O)O. The Hall–Kier alpha value is -1.11. The first-order chi connectivity index (χ1) is 7.34. The molecule has 1 aromatic carbocycles. The Morgan fingerprint density at radius 3 is 2.50 bits per heavy atom. The summed E-state index contributed by atoms with van der Waals surface area (Å²) in [5.74, 6) is 0.0804. The summed E-state index contributed by atoms with van der Waals surface area (Å²) in [5.41, 5.74) is 0.825. The van der Waals surface area contributed by atoms with Crippen molar-refractivity contribution in [2.24, 2.45) is 0 Å². The molecule has 1 N–H and O–H groups in total. The molecule has 1 rings (SSSR count). The van der Waals surface area contributed by atoms with E-state index < -0.39 is 16.4 Å². The summed E-state index contributed by atoms with van der Waals surface area (Å²) in [6.07, 6.45) is -0.595. The Kier molecular flexibility index (Phi) is 3.90. The molecule has 1 atom stereocenters. The van der Waals surface area contributed by atoms with E-state index in [1.807, 2.05) is 0 Å². The molecule has 0 aliphatic rings. The second-order valence-corrected chi connectivity index (χ2v) is 4.74. The van der Waals surface area contributed by atoms with E-state index in [4.69, 9.17) is 14.0 Å². The van der Waals surface area contributed by atoms with E-state index in [0.717, 1.165) is 5.56 Å². The zero-order chi connectivity index (χ0) is 12.3. The van der Waals surface area contributed by atoms with Gasteiger partial charge >= 0.3 is 0 Å². The Labute approximate surface area is 94.7 Å². The van der Waals surface area contributed by atoms with Crippen LogP contribution in [0.5, 0.6) is 5.75 Å². The summed E-state index contributed by atoms with van der Waals surface area (Å²) in [6, 6.07) is 4.40. The number of methoxy groups -OCH3 is 1. The third-order valence-electron chi connectivity index (χ3n) is 2.00. The first-order valence-corrected chi connectivity index (χ1v) is 6.06. The number of aryl methyl sites for hydroxylation is 1. The summed E-state index contributed by atoms with van der Waals surface area (Å²) < 4.78 is 41.2. The predicted molar refractivity (Wildman–Crippen MR) is 58.1 cm³/mol. The summed E-state index contributed by atoms with van der Waals surface area (Å²) in [5, 5.41) is 0. The third kappa shape index (κ3) is 3.19. The summed E-state index contributed by atoms with van der Waals surface area (Å²) in [4.78, 5) is -0.262. The lowest BCUT2D eigenvalue weighted by Gasteiger charge is -2.15. The highest BCUT2D eigenvalue weighted by molar-refractivity contribution is 7.86. The highest BCUT2D eigenvalue weighted by Gasteiger charge is 2.18. The maximum Gasteiger partial charge on any atom is 0.298 e. The molecule has 0 saturated heterocycles. The third-order valence-corrected chi connectivity index (χ3v) is 2.90. The van der Waals surface area contributed by atoms with E-state index >= 15 is 0 Å². The zero-order valence-electron chi connectivity index (χ0n) is 9.30. The van der Waals surface area contributed by atoms with Crippen LogP contribution in [0.4, 0.5) is 0 Å². The molecule has 0 aliphatic carbocycles. The Balaban J connectivity index is 3.19. The fraction of sp³-hybridized carbons (Fsp3) is 0.400. The zero-order valence-corrected chi connectivity index (χ0v) is 10.1. The number of rotatable bonds is 4. The van der Waals surface area contributed by atoms with Crippen molar-refractivity contribution in [2.45, 2.75) is 25.0 Å². The molecule has 16 heavy (non-hydrogen) atoms. The van der Waals surface area contributed by atoms with Crippen LogP contribution in [0.25, 0.3) is 0 Å². The molecule has 6 heteroatoms. The molecule has 0 saturated carbocycles. The van der Waals surface area contributed by atoms with Crippen LogP contribution in [0.3, 0.4) is 0 Å². The molecule has 1 aromatic rings. The maximum atomic E-state index is 11.1. The van der Waals surface area contributed by atoms with Crippen LogP contribution in [0.1, 0.15) is 12.5 Å². The molecule has 0 spiro atoms. The van der Waals surface area contributed by atoms with Crippen LogP contribution < -0.4 is 4.74 Å². The number of hydrogen-bond acceptors (Lipinski definition) is 4. The lowest BCUT2D eigenvalue weighted by atomic mass is 10.2. The van der Waals surface area contributed by atoms with Crippen LogP contribution in [0, 0.1) is 6.92 Å². The van der Waals surface area contributed by atoms with E-state index in [9.17, 15) is 8.42 Å². The summed E-state index contributed by atoms with van der Waals surface area (Å²) in [6.45, 7) is 3.41. The molecule has 0 fully saturated rings. The van der Waals surface area contributed by atoms with Crippen LogP contribution in [0.2, 0.25) is 0 Å². The van der Waals surface area contributed by atoms with Crippen LogP contribution in [-0.2, 0) is 14.9 Å². The highest BCUT2D eigenvalue weighted by Crippen LogP contribution is 2.25. The van der Waals surface area contributed by atoms with Gasteiger partial charge in [0.25, 0.3) is 10.1 Å². The van der Waals surface area contributed by atoms with E-state index in [0.29, 0.717) is 0 Å². The molecule has 90 valence electrons. The molecule has 0 heterocycles. The normalized spacial score (nSPS) is 13.5. The Bertz CT molecular complexity index is 466. The predicted octanol–water partition coefficient (Wildman–Crippen LogP) is 1.61. The van der Waals surface area contributed by atoms with Gasteiger partial charge in [-0.2, -0.15) is 8.42 Å². The van der Waals surface area contributed by atoms with Gasteiger partial charge in [-0.3, -0.25) is 4.55 Å². The van der Waals surface area contributed by atoms with Crippen molar-refractivity contribution in [1.82, 2.24) is 0 Å². The molecule has 0 bridgehead atoms. The van der Waals surface area contributed by atoms with E-state index in [-0.39, 0.29) is 10.6 Å². The van der Waals surface area contributed by atoms with Gasteiger partial charge in [0.15, 0.2) is 6.29 Å². The highest BCUT2D eigenvalue weighted by atomic mass is 32.2. The fourth-order valence-corrected chi connectivity index (χ4v) is 1.75. The molecule has 0 radical (unpaired) electrons. The maximum absolute atomic E-state index is 11.1. The molecule has 0 aliphatic heterocycles. The van der Waals surface area contributed by atoms with Crippen molar-refractivity contribution in [3.63, 3.8) is 0 Å². The monoisotopic (exact) mass is 246 g/mol. The van der Waals surface area contributed by atoms with Gasteiger partial charge in [0.2, 0.25) is 0 Å². The quantitative estimate of drug-likeness (QED) is 0.645. The Morgan fingerprint density at radius 2 is 2.00 bits per heavy atom. The minimum Gasteiger partial charge on any atom is -0.464 e. The topological polar surface area (TPSA) is 72.8 Å². The number of benzene rings is 1. The summed E-state index contributed by atoms with van der Waals surface area (Å²) >= 11 is 0. The van der Waals surface area contributed by atoms with Gasteiger partial charge in [-0.15, -0.1) is 0 Å². The van der Waals surface area contributed by atoms with Gasteiger partial charge in [0, 0.05) is 7.11 Å². The molecule has 5 nitrogen and oxygen atoms in total. The lowest BCUT2D eigenvalue weighted by molar-refractivity contribution is -0.0400. The van der Waals surface area contributed by atoms with E-state index in [1.54, 1.807) is 19.9 Å². The van der Waals surface area contributed by atoms with Gasteiger partial charge in [-0.1, -0.05) is 6.07 Å². The van der Waals surface area contributed by atoms with Crippen molar-refractivity contribution >= 4 is 10.1 Å². The van der Waals surface area contributed by atoms with Crippen molar-refractivity contribution in [3.8, 4) is 5.75 Å². The smallest absolute Gasteiger partial charge is 0.298 e. The van der Waals surface area contributed by atoms with Crippen LogP contribution >= 0.6 is 0 Å². The second kappa shape index (κ2) is 4.82. The average molecular weight is 246 g/mol. The summed E-state index contributed by atoms with van der Waals surface area (Å²) in [7, 11) is -2.85. The number of ether oxygens (including phenoxy) is 2. The lowest BCUT2D eigenvalue weighted by Crippen LogP contribution is -2.15. The Morgan fingerprint density at radius 1 is 1.38 bits per heavy atom. The average Bonchev–Trinajstić information content (AvgIpc) is 2.15. The largest absolute Gasteiger partial charge is 0.464 e. The van der Waals surface area contributed by atoms with Crippen molar-refractivity contribution in [2.75, 3.05) is 7.11 Å². The standard InChI is InChI=1S/C10H14O5S/c1-7-4-5-10(16(11,12)13)9(6-7)15-8(2)14-3/h4-6,8H,1-3H3,(H,11,12,13). The molecular weight excluding hydrogens is 232 g/mol. The first-order valence-electron chi connectivity index (χ1n) is 4.62. The molecule has 1 unspecified atom stereocenters. The van der Waals surface area contributed by atoms with Crippen molar-refractivity contribution < 1.29 is 22.4 Å². The van der Waals surface area contributed by atoms with Crippen molar-refractivity contribution in [1.29, 1.82) is 0 Å². The second-order valence-electron chi connectivity index (χ2n) is 3.35. The molecule has 0 aromatic heterocycles. The minimum absolute atomic E-state index is 0.0804. The van der Waals surface area contributed by atoms with Gasteiger partial charge in [0.1, 0.15) is 10.6 Å². The van der Waals surface area contributed by atoms with Crippen molar-refractivity contribution in [3.05, 3.63) is 23.8 Å². The molecular formula is C10H14O5S. The van der Waals surface area contributed by atoms with Gasteiger partial charge in [0.05, 0.1) is 0 Å². The first kappa shape index (κ1) is 13.0.